The van der Waals surface area contributed by atoms with E-state index in [0.717, 1.165) is 51.4 Å². The molecule has 6 nitrogen and oxygen atoms in total. The van der Waals surface area contributed by atoms with Gasteiger partial charge in [0.1, 0.15) is 0 Å². The van der Waals surface area contributed by atoms with Gasteiger partial charge in [0.15, 0.2) is 0 Å². The van der Waals surface area contributed by atoms with E-state index in [1.165, 1.54) is 205 Å². The van der Waals surface area contributed by atoms with E-state index in [2.05, 4.69) is 37.4 Å². The number of esters is 1. The summed E-state index contributed by atoms with van der Waals surface area (Å²) in [6, 6.07) is -0.672. The molecule has 0 aliphatic heterocycles. The third-order valence-electron chi connectivity index (χ3n) is 12.7. The number of aliphatic hydroxyl groups is 2. The molecule has 1 amide bonds. The lowest BCUT2D eigenvalue weighted by Gasteiger charge is -2.19. The molecular formula is C57H107NO5. The van der Waals surface area contributed by atoms with E-state index in [1.807, 2.05) is 12.2 Å². The van der Waals surface area contributed by atoms with Gasteiger partial charge in [0, 0.05) is 12.8 Å². The van der Waals surface area contributed by atoms with E-state index in [9.17, 15) is 19.8 Å². The Hall–Kier alpha value is -1.92. The number of carbonyl (C=O) groups excluding carboxylic acids is 2. The van der Waals surface area contributed by atoms with Crippen LogP contribution in [0.15, 0.2) is 36.5 Å². The second-order valence-corrected chi connectivity index (χ2v) is 18.9. The molecule has 0 aliphatic rings. The van der Waals surface area contributed by atoms with E-state index in [4.69, 9.17) is 4.74 Å². The predicted molar refractivity (Wildman–Crippen MR) is 273 cm³/mol. The molecule has 0 saturated heterocycles. The van der Waals surface area contributed by atoms with E-state index in [-0.39, 0.29) is 18.5 Å². The largest absolute Gasteiger partial charge is 0.466 e. The number of hydrogen-bond acceptors (Lipinski definition) is 5. The van der Waals surface area contributed by atoms with Crippen LogP contribution < -0.4 is 5.32 Å². The molecule has 2 atom stereocenters. The Morgan fingerprint density at radius 2 is 0.810 bits per heavy atom. The third kappa shape index (κ3) is 49.4. The standard InChI is InChI=1S/C57H107NO5/c1-3-5-7-9-11-13-15-17-19-20-21-23-25-29-33-37-41-45-49-55(60)54(53-59)58-56(61)50-46-42-38-34-30-26-24-28-32-36-40-44-48-52-63-57(62)51-47-43-39-35-31-27-22-18-16-14-12-10-8-6-4-2/h26,30,38,42,45,49,54-55,59-60H,3-25,27-29,31-37,39-41,43-44,46-48,50-53H2,1-2H3,(H,58,61)/b30-26-,42-38-,49-45+. The average molecular weight is 886 g/mol. The summed E-state index contributed by atoms with van der Waals surface area (Å²) in [7, 11) is 0. The van der Waals surface area contributed by atoms with Crippen molar-refractivity contribution in [2.75, 3.05) is 13.2 Å². The molecule has 370 valence electrons. The summed E-state index contributed by atoms with van der Waals surface area (Å²) in [6.45, 7) is 4.85. The summed E-state index contributed by atoms with van der Waals surface area (Å²) in [6.07, 6.45) is 64.5. The van der Waals surface area contributed by atoms with Crippen molar-refractivity contribution in [2.45, 2.75) is 302 Å². The van der Waals surface area contributed by atoms with Gasteiger partial charge in [-0.05, 0) is 51.4 Å². The van der Waals surface area contributed by atoms with Crippen LogP contribution in [0.2, 0.25) is 0 Å². The monoisotopic (exact) mass is 886 g/mol. The predicted octanol–water partition coefficient (Wildman–Crippen LogP) is 16.9. The van der Waals surface area contributed by atoms with Crippen molar-refractivity contribution >= 4 is 11.9 Å². The lowest BCUT2D eigenvalue weighted by Crippen LogP contribution is -2.45. The zero-order chi connectivity index (χ0) is 45.8. The van der Waals surface area contributed by atoms with Crippen molar-refractivity contribution in [1.82, 2.24) is 5.32 Å². The Labute approximate surface area is 392 Å². The number of hydrogen-bond donors (Lipinski definition) is 3. The summed E-state index contributed by atoms with van der Waals surface area (Å²) in [5, 5.41) is 23.0. The highest BCUT2D eigenvalue weighted by atomic mass is 16.5. The molecule has 2 unspecified atom stereocenters. The normalized spacial score (nSPS) is 12.9. The second-order valence-electron chi connectivity index (χ2n) is 18.9. The highest BCUT2D eigenvalue weighted by Gasteiger charge is 2.17. The lowest BCUT2D eigenvalue weighted by molar-refractivity contribution is -0.143. The highest BCUT2D eigenvalue weighted by Crippen LogP contribution is 2.16. The Kier molecular flexibility index (Phi) is 51.1. The van der Waals surface area contributed by atoms with Gasteiger partial charge in [0.05, 0.1) is 25.4 Å². The molecule has 0 aromatic heterocycles. The average Bonchev–Trinajstić information content (AvgIpc) is 3.28. The minimum absolute atomic E-state index is 0.0157. The van der Waals surface area contributed by atoms with E-state index in [1.54, 1.807) is 6.08 Å². The van der Waals surface area contributed by atoms with E-state index in [0.29, 0.717) is 25.9 Å². The molecule has 0 rings (SSSR count). The molecule has 0 bridgehead atoms. The number of amides is 1. The zero-order valence-electron chi connectivity index (χ0n) is 42.1. The van der Waals surface area contributed by atoms with Crippen LogP contribution in [0.1, 0.15) is 290 Å². The van der Waals surface area contributed by atoms with Crippen molar-refractivity contribution in [3.05, 3.63) is 36.5 Å². The van der Waals surface area contributed by atoms with Crippen molar-refractivity contribution in [2.24, 2.45) is 0 Å². The van der Waals surface area contributed by atoms with Crippen LogP contribution in [-0.4, -0.2) is 47.4 Å². The maximum absolute atomic E-state index is 12.4. The maximum Gasteiger partial charge on any atom is 0.305 e. The van der Waals surface area contributed by atoms with Crippen LogP contribution in [-0.2, 0) is 14.3 Å². The van der Waals surface area contributed by atoms with Gasteiger partial charge in [-0.3, -0.25) is 9.59 Å². The first-order valence-corrected chi connectivity index (χ1v) is 27.8. The molecule has 0 aliphatic carbocycles. The second kappa shape index (κ2) is 52.7. The van der Waals surface area contributed by atoms with Crippen LogP contribution in [0.5, 0.6) is 0 Å². The van der Waals surface area contributed by atoms with Crippen LogP contribution >= 0.6 is 0 Å². The number of nitrogens with one attached hydrogen (secondary N) is 1. The highest BCUT2D eigenvalue weighted by molar-refractivity contribution is 5.76. The van der Waals surface area contributed by atoms with Gasteiger partial charge in [-0.2, -0.15) is 0 Å². The first kappa shape index (κ1) is 61.1. The van der Waals surface area contributed by atoms with Crippen molar-refractivity contribution in [1.29, 1.82) is 0 Å². The molecule has 0 radical (unpaired) electrons. The number of unbranched alkanes of at least 4 members (excludes halogenated alkanes) is 36. The molecule has 0 saturated carbocycles. The van der Waals surface area contributed by atoms with Gasteiger partial charge < -0.3 is 20.3 Å². The van der Waals surface area contributed by atoms with E-state index < -0.39 is 12.1 Å². The van der Waals surface area contributed by atoms with Gasteiger partial charge in [-0.25, -0.2) is 0 Å². The fourth-order valence-corrected chi connectivity index (χ4v) is 8.39. The van der Waals surface area contributed by atoms with Crippen molar-refractivity contribution in [3.63, 3.8) is 0 Å². The summed E-state index contributed by atoms with van der Waals surface area (Å²) in [5.41, 5.74) is 0. The van der Waals surface area contributed by atoms with Crippen LogP contribution in [0.3, 0.4) is 0 Å². The quantitative estimate of drug-likeness (QED) is 0.0321. The lowest BCUT2D eigenvalue weighted by atomic mass is 10.0. The molecule has 0 heterocycles. The first-order valence-electron chi connectivity index (χ1n) is 27.8. The molecule has 63 heavy (non-hydrogen) atoms. The third-order valence-corrected chi connectivity index (χ3v) is 12.7. The molecule has 3 N–H and O–H groups in total. The topological polar surface area (TPSA) is 95.9 Å². The maximum atomic E-state index is 12.4. The summed E-state index contributed by atoms with van der Waals surface area (Å²) in [4.78, 5) is 24.5. The SMILES string of the molecule is CCCCCCCCCCCCCCCCCC/C=C/C(O)C(CO)NC(=O)CC/C=C\C/C=C\CCCCCCCCOC(=O)CCCCCCCCCCCCCCCCC. The van der Waals surface area contributed by atoms with Crippen molar-refractivity contribution in [3.8, 4) is 0 Å². The number of aliphatic hydroxyl groups excluding tert-OH is 2. The fraction of sp³-hybridized carbons (Fsp3) is 0.860. The Balaban J connectivity index is 3.57. The van der Waals surface area contributed by atoms with Crippen LogP contribution in [0.4, 0.5) is 0 Å². The number of ether oxygens (including phenoxy) is 1. The number of rotatable bonds is 51. The Morgan fingerprint density at radius 1 is 0.444 bits per heavy atom. The number of allylic oxidation sites excluding steroid dienone is 5. The molecule has 6 heteroatoms. The molecule has 0 fully saturated rings. The van der Waals surface area contributed by atoms with Gasteiger partial charge in [-0.1, -0.05) is 262 Å². The van der Waals surface area contributed by atoms with E-state index >= 15 is 0 Å². The fourth-order valence-electron chi connectivity index (χ4n) is 8.39. The van der Waals surface area contributed by atoms with Crippen LogP contribution in [0.25, 0.3) is 0 Å². The molecule has 0 spiro atoms. The van der Waals surface area contributed by atoms with Crippen LogP contribution in [0, 0.1) is 0 Å². The molecule has 0 aromatic carbocycles. The van der Waals surface area contributed by atoms with Gasteiger partial charge in [-0.15, -0.1) is 0 Å². The molecule has 0 aromatic rings. The smallest absolute Gasteiger partial charge is 0.305 e. The minimum Gasteiger partial charge on any atom is -0.466 e. The Morgan fingerprint density at radius 3 is 1.24 bits per heavy atom. The summed E-state index contributed by atoms with van der Waals surface area (Å²) >= 11 is 0. The molecular weight excluding hydrogens is 779 g/mol. The minimum atomic E-state index is -0.879. The summed E-state index contributed by atoms with van der Waals surface area (Å²) in [5.74, 6) is -0.163. The zero-order valence-corrected chi connectivity index (χ0v) is 42.1. The Bertz CT molecular complexity index is 1020. The van der Waals surface area contributed by atoms with Crippen molar-refractivity contribution < 1.29 is 24.5 Å². The summed E-state index contributed by atoms with van der Waals surface area (Å²) < 4.78 is 5.46. The van der Waals surface area contributed by atoms with Gasteiger partial charge >= 0.3 is 5.97 Å². The van der Waals surface area contributed by atoms with Gasteiger partial charge in [0.2, 0.25) is 5.91 Å². The first-order chi connectivity index (χ1) is 31.0. The van der Waals surface area contributed by atoms with Gasteiger partial charge in [0.25, 0.3) is 0 Å². The number of carbonyl (C=O) groups is 2.